The quantitative estimate of drug-likeness (QED) is 0.170. The van der Waals surface area contributed by atoms with Crippen molar-refractivity contribution in [3.8, 4) is 67.5 Å². The molecule has 2 aromatic heterocycles. The molecule has 0 saturated carbocycles. The predicted molar refractivity (Wildman–Crippen MR) is 240 cm³/mol. The summed E-state index contributed by atoms with van der Waals surface area (Å²) in [5.41, 5.74) is 9.73. The lowest BCUT2D eigenvalue weighted by atomic mass is 9.92. The highest BCUT2D eigenvalue weighted by Gasteiger charge is 2.20. The van der Waals surface area contributed by atoms with Crippen LogP contribution in [0.25, 0.3) is 109 Å². The lowest BCUT2D eigenvalue weighted by Crippen LogP contribution is -2.01. The van der Waals surface area contributed by atoms with Crippen LogP contribution in [0.5, 0.6) is 0 Å². The monoisotopic (exact) mass is 743 g/mol. The summed E-state index contributed by atoms with van der Waals surface area (Å²) in [6, 6.07) is 71.1. The SMILES string of the molecule is c1ccc(-c2cc(-c3cccc4ccccc34)ccc2-c2nc(-c3ccc(-c4cccc5ccccc45)cc3)nc(-c3cccc4c3sc3ccccc34)n2)cc1. The number of rotatable bonds is 6. The van der Waals surface area contributed by atoms with E-state index in [4.69, 9.17) is 15.0 Å². The largest absolute Gasteiger partial charge is 0.208 e. The second-order valence-electron chi connectivity index (χ2n) is 14.3. The van der Waals surface area contributed by atoms with Crippen LogP contribution >= 0.6 is 11.3 Å². The Balaban J connectivity index is 1.12. The summed E-state index contributed by atoms with van der Waals surface area (Å²) in [5, 5.41) is 7.35. The van der Waals surface area contributed by atoms with Gasteiger partial charge < -0.3 is 0 Å². The molecule has 0 spiro atoms. The molecule has 266 valence electrons. The van der Waals surface area contributed by atoms with E-state index < -0.39 is 0 Å². The van der Waals surface area contributed by atoms with Gasteiger partial charge in [0, 0.05) is 36.9 Å². The van der Waals surface area contributed by atoms with Gasteiger partial charge in [-0.15, -0.1) is 11.3 Å². The molecule has 11 rings (SSSR count). The molecule has 57 heavy (non-hydrogen) atoms. The predicted octanol–water partition coefficient (Wildman–Crippen LogP) is 14.5. The molecule has 4 heteroatoms. The second kappa shape index (κ2) is 13.8. The Morgan fingerprint density at radius 1 is 0.281 bits per heavy atom. The van der Waals surface area contributed by atoms with Gasteiger partial charge in [-0.2, -0.15) is 0 Å². The Kier molecular flexibility index (Phi) is 8.01. The zero-order chi connectivity index (χ0) is 37.7. The van der Waals surface area contributed by atoms with Crippen molar-refractivity contribution in [2.24, 2.45) is 0 Å². The third-order valence-corrected chi connectivity index (χ3v) is 12.2. The van der Waals surface area contributed by atoms with Crippen molar-refractivity contribution < 1.29 is 0 Å². The first-order chi connectivity index (χ1) is 28.2. The van der Waals surface area contributed by atoms with Crippen molar-refractivity contribution >= 4 is 53.1 Å². The van der Waals surface area contributed by atoms with Crippen LogP contribution in [-0.4, -0.2) is 15.0 Å². The van der Waals surface area contributed by atoms with Crippen LogP contribution in [0.4, 0.5) is 0 Å². The fraction of sp³-hybridized carbons (Fsp3) is 0. The normalized spacial score (nSPS) is 11.5. The highest BCUT2D eigenvalue weighted by Crippen LogP contribution is 2.41. The van der Waals surface area contributed by atoms with Gasteiger partial charge in [0.25, 0.3) is 0 Å². The zero-order valence-corrected chi connectivity index (χ0v) is 31.6. The van der Waals surface area contributed by atoms with Crippen LogP contribution in [0.1, 0.15) is 0 Å². The van der Waals surface area contributed by atoms with Crippen molar-refractivity contribution in [3.63, 3.8) is 0 Å². The van der Waals surface area contributed by atoms with Gasteiger partial charge in [0.1, 0.15) is 0 Å². The van der Waals surface area contributed by atoms with Gasteiger partial charge in [0.2, 0.25) is 0 Å². The Hall–Kier alpha value is -7.27. The van der Waals surface area contributed by atoms with Crippen molar-refractivity contribution in [2.45, 2.75) is 0 Å². The molecule has 2 heterocycles. The van der Waals surface area contributed by atoms with E-state index in [1.807, 2.05) is 0 Å². The Labute approximate surface area is 334 Å². The second-order valence-corrected chi connectivity index (χ2v) is 15.4. The summed E-state index contributed by atoms with van der Waals surface area (Å²) in [5.74, 6) is 1.92. The summed E-state index contributed by atoms with van der Waals surface area (Å²) in [6.45, 7) is 0. The number of benzene rings is 9. The molecule has 0 fully saturated rings. The van der Waals surface area contributed by atoms with Crippen molar-refractivity contribution in [1.29, 1.82) is 0 Å². The Bertz CT molecular complexity index is 3280. The van der Waals surface area contributed by atoms with Crippen LogP contribution in [0.2, 0.25) is 0 Å². The summed E-state index contributed by atoms with van der Waals surface area (Å²) in [4.78, 5) is 15.9. The maximum absolute atomic E-state index is 5.34. The average Bonchev–Trinajstić information content (AvgIpc) is 3.68. The highest BCUT2D eigenvalue weighted by atomic mass is 32.1. The molecule has 0 aliphatic heterocycles. The van der Waals surface area contributed by atoms with Gasteiger partial charge in [-0.1, -0.05) is 176 Å². The third kappa shape index (κ3) is 5.86. The molecule has 0 unspecified atom stereocenters. The van der Waals surface area contributed by atoms with E-state index >= 15 is 0 Å². The van der Waals surface area contributed by atoms with E-state index in [0.29, 0.717) is 17.5 Å². The fourth-order valence-electron chi connectivity index (χ4n) is 8.19. The fourth-order valence-corrected chi connectivity index (χ4v) is 9.40. The van der Waals surface area contributed by atoms with E-state index in [-0.39, 0.29) is 0 Å². The molecule has 0 saturated heterocycles. The number of hydrogen-bond donors (Lipinski definition) is 0. The lowest BCUT2D eigenvalue weighted by Gasteiger charge is -2.15. The average molecular weight is 744 g/mol. The topological polar surface area (TPSA) is 38.7 Å². The van der Waals surface area contributed by atoms with Gasteiger partial charge in [-0.05, 0) is 79.2 Å². The minimum absolute atomic E-state index is 0.634. The summed E-state index contributed by atoms with van der Waals surface area (Å²) in [7, 11) is 0. The molecule has 0 radical (unpaired) electrons. The minimum atomic E-state index is 0.634. The van der Waals surface area contributed by atoms with E-state index in [0.717, 1.165) is 38.9 Å². The first kappa shape index (κ1) is 33.1. The molecule has 0 N–H and O–H groups in total. The van der Waals surface area contributed by atoms with Gasteiger partial charge in [-0.25, -0.2) is 15.0 Å². The van der Waals surface area contributed by atoms with Crippen molar-refractivity contribution in [3.05, 3.63) is 200 Å². The lowest BCUT2D eigenvalue weighted by molar-refractivity contribution is 1.08. The number of aromatic nitrogens is 3. The smallest absolute Gasteiger partial charge is 0.165 e. The van der Waals surface area contributed by atoms with Gasteiger partial charge >= 0.3 is 0 Å². The number of hydrogen-bond acceptors (Lipinski definition) is 4. The maximum Gasteiger partial charge on any atom is 0.165 e. The van der Waals surface area contributed by atoms with Crippen LogP contribution in [0.3, 0.4) is 0 Å². The molecule has 3 nitrogen and oxygen atoms in total. The van der Waals surface area contributed by atoms with E-state index in [2.05, 4.69) is 200 Å². The highest BCUT2D eigenvalue weighted by molar-refractivity contribution is 7.26. The standard InChI is InChI=1S/C53H33N3S/c1-2-13-36(14-3-1)48-33-39(43-23-11-18-35-16-5-7-20-41(35)43)31-32-46(48)52-54-51(38-29-27-37(28-30-38)42-22-10-17-34-15-4-6-19-40(34)42)55-53(56-52)47-25-12-24-45-44-21-8-9-26-49(44)57-50(45)47/h1-33H. The molecule has 11 aromatic rings. The van der Waals surface area contributed by atoms with Crippen LogP contribution < -0.4 is 0 Å². The molecule has 0 atom stereocenters. The maximum atomic E-state index is 5.34. The van der Waals surface area contributed by atoms with Gasteiger partial charge in [-0.3, -0.25) is 0 Å². The summed E-state index contributed by atoms with van der Waals surface area (Å²) >= 11 is 1.79. The van der Waals surface area contributed by atoms with Gasteiger partial charge in [0.15, 0.2) is 17.5 Å². The molecule has 0 bridgehead atoms. The van der Waals surface area contributed by atoms with Crippen molar-refractivity contribution in [2.75, 3.05) is 0 Å². The molecule has 0 aliphatic carbocycles. The number of thiophene rings is 1. The van der Waals surface area contributed by atoms with Gasteiger partial charge in [0.05, 0.1) is 0 Å². The minimum Gasteiger partial charge on any atom is -0.208 e. The first-order valence-electron chi connectivity index (χ1n) is 19.2. The zero-order valence-electron chi connectivity index (χ0n) is 30.8. The number of fused-ring (bicyclic) bond motifs is 5. The molecule has 0 amide bonds. The first-order valence-corrected chi connectivity index (χ1v) is 20.0. The Morgan fingerprint density at radius 3 is 1.51 bits per heavy atom. The van der Waals surface area contributed by atoms with Crippen LogP contribution in [0.15, 0.2) is 200 Å². The Morgan fingerprint density at radius 2 is 0.772 bits per heavy atom. The van der Waals surface area contributed by atoms with E-state index in [9.17, 15) is 0 Å². The molecule has 9 aromatic carbocycles. The molecular formula is C53H33N3S. The van der Waals surface area contributed by atoms with Crippen LogP contribution in [0, 0.1) is 0 Å². The molecular weight excluding hydrogens is 711 g/mol. The van der Waals surface area contributed by atoms with E-state index in [1.54, 1.807) is 11.3 Å². The summed E-state index contributed by atoms with van der Waals surface area (Å²) < 4.78 is 2.41. The number of nitrogens with zero attached hydrogens (tertiary/aromatic N) is 3. The summed E-state index contributed by atoms with van der Waals surface area (Å²) in [6.07, 6.45) is 0. The third-order valence-electron chi connectivity index (χ3n) is 11.0. The van der Waals surface area contributed by atoms with Crippen molar-refractivity contribution in [1.82, 2.24) is 15.0 Å². The van der Waals surface area contributed by atoms with E-state index in [1.165, 1.54) is 52.8 Å². The van der Waals surface area contributed by atoms with Crippen LogP contribution in [-0.2, 0) is 0 Å². The molecule has 0 aliphatic rings.